The SMILES string of the molecule is C=C(C)CCN(CC)CCO. The molecule has 0 aliphatic carbocycles. The molecule has 0 saturated heterocycles. The van der Waals surface area contributed by atoms with E-state index in [1.807, 2.05) is 6.92 Å². The van der Waals surface area contributed by atoms with Crippen LogP contribution in [0.2, 0.25) is 0 Å². The number of aliphatic hydroxyl groups excluding tert-OH is 1. The number of nitrogens with zero attached hydrogens (tertiary/aromatic N) is 1. The van der Waals surface area contributed by atoms with Crippen molar-refractivity contribution in [1.29, 1.82) is 0 Å². The van der Waals surface area contributed by atoms with Gasteiger partial charge in [-0.1, -0.05) is 12.5 Å². The van der Waals surface area contributed by atoms with Crippen molar-refractivity contribution in [1.82, 2.24) is 4.90 Å². The van der Waals surface area contributed by atoms with Crippen LogP contribution < -0.4 is 0 Å². The molecule has 0 bridgehead atoms. The first-order valence-electron chi connectivity index (χ1n) is 4.18. The van der Waals surface area contributed by atoms with Crippen molar-refractivity contribution >= 4 is 0 Å². The van der Waals surface area contributed by atoms with Crippen LogP contribution >= 0.6 is 0 Å². The predicted octanol–water partition coefficient (Wildman–Crippen LogP) is 1.27. The second kappa shape index (κ2) is 6.38. The van der Waals surface area contributed by atoms with Crippen LogP contribution in [0.1, 0.15) is 20.3 Å². The summed E-state index contributed by atoms with van der Waals surface area (Å²) >= 11 is 0. The zero-order chi connectivity index (χ0) is 8.69. The van der Waals surface area contributed by atoms with E-state index in [-0.39, 0.29) is 6.61 Å². The van der Waals surface area contributed by atoms with Crippen LogP contribution in [0.3, 0.4) is 0 Å². The van der Waals surface area contributed by atoms with Crippen molar-refractivity contribution < 1.29 is 5.11 Å². The molecule has 0 unspecified atom stereocenters. The first-order valence-corrected chi connectivity index (χ1v) is 4.18. The molecule has 0 aliphatic heterocycles. The van der Waals surface area contributed by atoms with Crippen LogP contribution in [0.4, 0.5) is 0 Å². The van der Waals surface area contributed by atoms with E-state index in [1.165, 1.54) is 5.57 Å². The smallest absolute Gasteiger partial charge is 0.0558 e. The van der Waals surface area contributed by atoms with Gasteiger partial charge in [0.05, 0.1) is 6.61 Å². The quantitative estimate of drug-likeness (QED) is 0.587. The molecule has 0 aliphatic rings. The molecule has 66 valence electrons. The molecule has 0 fully saturated rings. The summed E-state index contributed by atoms with van der Waals surface area (Å²) < 4.78 is 0. The van der Waals surface area contributed by atoms with Gasteiger partial charge < -0.3 is 10.0 Å². The Labute approximate surface area is 69.5 Å². The summed E-state index contributed by atoms with van der Waals surface area (Å²) in [5.74, 6) is 0. The van der Waals surface area contributed by atoms with Crippen LogP contribution in [0.5, 0.6) is 0 Å². The molecule has 0 aromatic rings. The monoisotopic (exact) mass is 157 g/mol. The molecule has 2 nitrogen and oxygen atoms in total. The zero-order valence-electron chi connectivity index (χ0n) is 7.64. The summed E-state index contributed by atoms with van der Waals surface area (Å²) in [6, 6.07) is 0. The van der Waals surface area contributed by atoms with E-state index in [1.54, 1.807) is 0 Å². The number of aliphatic hydroxyl groups is 1. The van der Waals surface area contributed by atoms with Gasteiger partial charge in [0.1, 0.15) is 0 Å². The molecule has 0 rings (SSSR count). The van der Waals surface area contributed by atoms with Gasteiger partial charge in [-0.2, -0.15) is 0 Å². The Balaban J connectivity index is 3.43. The summed E-state index contributed by atoms with van der Waals surface area (Å²) in [5.41, 5.74) is 1.21. The van der Waals surface area contributed by atoms with Crippen LogP contribution in [0, 0.1) is 0 Å². The van der Waals surface area contributed by atoms with Crippen LogP contribution in [0.25, 0.3) is 0 Å². The molecule has 0 aromatic carbocycles. The zero-order valence-corrected chi connectivity index (χ0v) is 7.64. The Morgan fingerprint density at radius 1 is 1.45 bits per heavy atom. The van der Waals surface area contributed by atoms with E-state index >= 15 is 0 Å². The molecule has 0 saturated carbocycles. The molecule has 0 aromatic heterocycles. The topological polar surface area (TPSA) is 23.5 Å². The van der Waals surface area contributed by atoms with Crippen molar-refractivity contribution in [3.63, 3.8) is 0 Å². The van der Waals surface area contributed by atoms with Gasteiger partial charge in [-0.15, -0.1) is 6.58 Å². The van der Waals surface area contributed by atoms with E-state index in [2.05, 4.69) is 18.4 Å². The third kappa shape index (κ3) is 6.07. The normalized spacial score (nSPS) is 10.5. The van der Waals surface area contributed by atoms with Gasteiger partial charge in [0.25, 0.3) is 0 Å². The van der Waals surface area contributed by atoms with Gasteiger partial charge >= 0.3 is 0 Å². The van der Waals surface area contributed by atoms with Crippen molar-refractivity contribution in [2.24, 2.45) is 0 Å². The first-order chi connectivity index (χ1) is 5.20. The third-order valence-corrected chi connectivity index (χ3v) is 1.72. The molecular formula is C9H19NO. The van der Waals surface area contributed by atoms with Crippen molar-refractivity contribution in [3.05, 3.63) is 12.2 Å². The van der Waals surface area contributed by atoms with Crippen LogP contribution in [-0.2, 0) is 0 Å². The number of rotatable bonds is 6. The van der Waals surface area contributed by atoms with Crippen molar-refractivity contribution in [3.8, 4) is 0 Å². The second-order valence-corrected chi connectivity index (χ2v) is 2.86. The fourth-order valence-electron chi connectivity index (χ4n) is 0.918. The maximum Gasteiger partial charge on any atom is 0.0558 e. The van der Waals surface area contributed by atoms with Gasteiger partial charge in [0, 0.05) is 13.1 Å². The Bertz CT molecular complexity index is 112. The highest BCUT2D eigenvalue weighted by molar-refractivity contribution is 4.88. The van der Waals surface area contributed by atoms with Gasteiger partial charge in [-0.3, -0.25) is 0 Å². The molecule has 0 atom stereocenters. The lowest BCUT2D eigenvalue weighted by Crippen LogP contribution is -2.27. The van der Waals surface area contributed by atoms with E-state index in [0.29, 0.717) is 0 Å². The minimum absolute atomic E-state index is 0.254. The molecule has 0 heterocycles. The first kappa shape index (κ1) is 10.7. The summed E-state index contributed by atoms with van der Waals surface area (Å²) in [4.78, 5) is 2.22. The van der Waals surface area contributed by atoms with Gasteiger partial charge in [0.15, 0.2) is 0 Å². The predicted molar refractivity (Wildman–Crippen MR) is 48.6 cm³/mol. The second-order valence-electron chi connectivity index (χ2n) is 2.86. The molecule has 11 heavy (non-hydrogen) atoms. The summed E-state index contributed by atoms with van der Waals surface area (Å²) in [5, 5.41) is 8.67. The lowest BCUT2D eigenvalue weighted by atomic mass is 10.2. The Morgan fingerprint density at radius 3 is 2.45 bits per heavy atom. The molecule has 2 heteroatoms. The lowest BCUT2D eigenvalue weighted by molar-refractivity contribution is 0.203. The molecule has 0 radical (unpaired) electrons. The van der Waals surface area contributed by atoms with Crippen LogP contribution in [0.15, 0.2) is 12.2 Å². The van der Waals surface area contributed by atoms with E-state index in [4.69, 9.17) is 5.11 Å². The lowest BCUT2D eigenvalue weighted by Gasteiger charge is -2.18. The number of hydrogen-bond acceptors (Lipinski definition) is 2. The van der Waals surface area contributed by atoms with Crippen molar-refractivity contribution in [2.75, 3.05) is 26.2 Å². The minimum atomic E-state index is 0.254. The fourth-order valence-corrected chi connectivity index (χ4v) is 0.918. The molecule has 0 spiro atoms. The maximum absolute atomic E-state index is 8.67. The standard InChI is InChI=1S/C9H19NO/c1-4-10(7-8-11)6-5-9(2)3/h11H,2,4-8H2,1,3H3. The molecule has 0 amide bonds. The molecule has 1 N–H and O–H groups in total. The van der Waals surface area contributed by atoms with Gasteiger partial charge in [-0.25, -0.2) is 0 Å². The van der Waals surface area contributed by atoms with E-state index < -0.39 is 0 Å². The highest BCUT2D eigenvalue weighted by Crippen LogP contribution is 1.98. The number of likely N-dealkylation sites (N-methyl/N-ethyl adjacent to an activating group) is 1. The van der Waals surface area contributed by atoms with Crippen molar-refractivity contribution in [2.45, 2.75) is 20.3 Å². The van der Waals surface area contributed by atoms with Gasteiger partial charge in [0.2, 0.25) is 0 Å². The summed E-state index contributed by atoms with van der Waals surface area (Å²) in [6.07, 6.45) is 1.04. The highest BCUT2D eigenvalue weighted by Gasteiger charge is 1.99. The average Bonchev–Trinajstić information content (AvgIpc) is 1.97. The van der Waals surface area contributed by atoms with E-state index in [0.717, 1.165) is 26.1 Å². The Morgan fingerprint density at radius 2 is 2.09 bits per heavy atom. The number of hydrogen-bond donors (Lipinski definition) is 1. The van der Waals surface area contributed by atoms with E-state index in [9.17, 15) is 0 Å². The highest BCUT2D eigenvalue weighted by atomic mass is 16.3. The third-order valence-electron chi connectivity index (χ3n) is 1.72. The maximum atomic E-state index is 8.67. The van der Waals surface area contributed by atoms with Crippen LogP contribution in [-0.4, -0.2) is 36.2 Å². The average molecular weight is 157 g/mol. The fraction of sp³-hybridized carbons (Fsp3) is 0.778. The largest absolute Gasteiger partial charge is 0.395 e. The minimum Gasteiger partial charge on any atom is -0.395 e. The summed E-state index contributed by atoms with van der Waals surface area (Å²) in [7, 11) is 0. The van der Waals surface area contributed by atoms with Gasteiger partial charge in [-0.05, 0) is 19.9 Å². The summed E-state index contributed by atoms with van der Waals surface area (Å²) in [6.45, 7) is 11.0. The Hall–Kier alpha value is -0.340. The molecular weight excluding hydrogens is 138 g/mol. The Kier molecular flexibility index (Phi) is 6.18.